The van der Waals surface area contributed by atoms with E-state index in [1.54, 1.807) is 6.26 Å². The van der Waals surface area contributed by atoms with Crippen molar-refractivity contribution < 1.29 is 4.21 Å². The highest BCUT2D eigenvalue weighted by Gasteiger charge is 2.12. The fraction of sp³-hybridized carbons (Fsp3) is 0.455. The van der Waals surface area contributed by atoms with Gasteiger partial charge in [-0.2, -0.15) is 0 Å². The summed E-state index contributed by atoms with van der Waals surface area (Å²) in [5.74, 6) is 0. The first-order valence-corrected chi connectivity index (χ1v) is 5.91. The van der Waals surface area contributed by atoms with Crippen LogP contribution >= 0.6 is 0 Å². The quantitative estimate of drug-likeness (QED) is 0.675. The Morgan fingerprint density at radius 2 is 1.54 bits per heavy atom. The summed E-state index contributed by atoms with van der Waals surface area (Å²) in [5.41, 5.74) is 1.45. The van der Waals surface area contributed by atoms with E-state index < -0.39 is 10.8 Å². The molecule has 1 nitrogen and oxygen atoms in total. The Morgan fingerprint density at radius 3 is 1.85 bits per heavy atom. The van der Waals surface area contributed by atoms with Gasteiger partial charge in [0, 0.05) is 22.0 Å². The predicted octanol–water partition coefficient (Wildman–Crippen LogP) is 2.72. The van der Waals surface area contributed by atoms with Crippen molar-refractivity contribution in [3.8, 4) is 0 Å². The minimum absolute atomic E-state index is 0.174. The van der Waals surface area contributed by atoms with E-state index in [0.29, 0.717) is 0 Å². The van der Waals surface area contributed by atoms with Gasteiger partial charge < -0.3 is 0 Å². The lowest BCUT2D eigenvalue weighted by atomic mass is 9.87. The SMILES string of the molecule is CS(=O)c1ccc(C(C)(C)C)cc1. The van der Waals surface area contributed by atoms with E-state index in [2.05, 4.69) is 32.9 Å². The van der Waals surface area contributed by atoms with Crippen molar-refractivity contribution in [2.45, 2.75) is 31.1 Å². The first-order chi connectivity index (χ1) is 5.91. The second-order valence-corrected chi connectivity index (χ2v) is 5.61. The molecule has 1 aromatic carbocycles. The van der Waals surface area contributed by atoms with Crippen LogP contribution in [0.5, 0.6) is 0 Å². The fourth-order valence-electron chi connectivity index (χ4n) is 1.15. The lowest BCUT2D eigenvalue weighted by Crippen LogP contribution is -2.10. The summed E-state index contributed by atoms with van der Waals surface area (Å²) >= 11 is 0. The number of benzene rings is 1. The maximum Gasteiger partial charge on any atom is 0.0498 e. The fourth-order valence-corrected chi connectivity index (χ4v) is 1.67. The van der Waals surface area contributed by atoms with Crippen LogP contribution < -0.4 is 0 Å². The molecule has 1 unspecified atom stereocenters. The van der Waals surface area contributed by atoms with Gasteiger partial charge in [-0.3, -0.25) is 4.21 Å². The van der Waals surface area contributed by atoms with Crippen LogP contribution in [0.4, 0.5) is 0 Å². The largest absolute Gasteiger partial charge is 0.255 e. The van der Waals surface area contributed by atoms with E-state index in [1.165, 1.54) is 5.56 Å². The Hall–Kier alpha value is -0.630. The summed E-state index contributed by atoms with van der Waals surface area (Å²) in [6, 6.07) is 7.99. The Morgan fingerprint density at radius 1 is 1.08 bits per heavy atom. The van der Waals surface area contributed by atoms with Gasteiger partial charge in [-0.15, -0.1) is 0 Å². The molecule has 0 spiro atoms. The Bertz CT molecular complexity index is 306. The Labute approximate surface area is 82.6 Å². The highest BCUT2D eigenvalue weighted by Crippen LogP contribution is 2.22. The van der Waals surface area contributed by atoms with Crippen LogP contribution in [-0.2, 0) is 16.2 Å². The molecule has 0 amide bonds. The van der Waals surface area contributed by atoms with Gasteiger partial charge in [-0.05, 0) is 23.1 Å². The number of hydrogen-bond acceptors (Lipinski definition) is 1. The lowest BCUT2D eigenvalue weighted by molar-refractivity contribution is 0.589. The summed E-state index contributed by atoms with van der Waals surface area (Å²) in [6.07, 6.45) is 1.70. The van der Waals surface area contributed by atoms with E-state index in [1.807, 2.05) is 12.1 Å². The summed E-state index contributed by atoms with van der Waals surface area (Å²) in [4.78, 5) is 0.896. The van der Waals surface area contributed by atoms with Crippen molar-refractivity contribution in [1.29, 1.82) is 0 Å². The van der Waals surface area contributed by atoms with Gasteiger partial charge in [0.25, 0.3) is 0 Å². The number of hydrogen-bond donors (Lipinski definition) is 0. The minimum Gasteiger partial charge on any atom is -0.255 e. The molecule has 0 fully saturated rings. The Kier molecular flexibility index (Phi) is 2.91. The zero-order valence-electron chi connectivity index (χ0n) is 8.63. The van der Waals surface area contributed by atoms with Gasteiger partial charge in [0.15, 0.2) is 0 Å². The third-order valence-corrected chi connectivity index (χ3v) is 2.99. The van der Waals surface area contributed by atoms with E-state index in [0.717, 1.165) is 4.90 Å². The second-order valence-electron chi connectivity index (χ2n) is 4.23. The van der Waals surface area contributed by atoms with Crippen LogP contribution in [0.1, 0.15) is 26.3 Å². The summed E-state index contributed by atoms with van der Waals surface area (Å²) < 4.78 is 11.1. The van der Waals surface area contributed by atoms with Crippen LogP contribution in [0.25, 0.3) is 0 Å². The third kappa shape index (κ3) is 2.66. The first kappa shape index (κ1) is 10.5. The van der Waals surface area contributed by atoms with Crippen molar-refractivity contribution in [1.82, 2.24) is 0 Å². The molecule has 1 aromatic rings. The Balaban J connectivity index is 3.01. The summed E-state index contributed by atoms with van der Waals surface area (Å²) in [6.45, 7) is 6.51. The summed E-state index contributed by atoms with van der Waals surface area (Å²) in [5, 5.41) is 0. The monoisotopic (exact) mass is 196 g/mol. The normalized spacial score (nSPS) is 14.2. The maximum absolute atomic E-state index is 11.1. The van der Waals surface area contributed by atoms with Gasteiger partial charge in [0.05, 0.1) is 0 Å². The lowest BCUT2D eigenvalue weighted by Gasteiger charge is -2.18. The molecule has 2 heteroatoms. The van der Waals surface area contributed by atoms with Crippen molar-refractivity contribution >= 4 is 10.8 Å². The van der Waals surface area contributed by atoms with Gasteiger partial charge in [-0.25, -0.2) is 0 Å². The zero-order valence-corrected chi connectivity index (χ0v) is 9.44. The van der Waals surface area contributed by atoms with Gasteiger partial charge in [0.1, 0.15) is 0 Å². The van der Waals surface area contributed by atoms with Crippen LogP contribution in [0, 0.1) is 0 Å². The molecule has 0 bridgehead atoms. The van der Waals surface area contributed by atoms with Gasteiger partial charge >= 0.3 is 0 Å². The van der Waals surface area contributed by atoms with Crippen LogP contribution in [0.15, 0.2) is 29.2 Å². The molecular weight excluding hydrogens is 180 g/mol. The van der Waals surface area contributed by atoms with E-state index in [4.69, 9.17) is 0 Å². The predicted molar refractivity (Wildman–Crippen MR) is 57.5 cm³/mol. The second kappa shape index (κ2) is 3.62. The molecule has 0 aliphatic rings. The molecule has 0 radical (unpaired) electrons. The van der Waals surface area contributed by atoms with Crippen molar-refractivity contribution in [3.63, 3.8) is 0 Å². The molecule has 0 aliphatic carbocycles. The molecule has 72 valence electrons. The van der Waals surface area contributed by atoms with Gasteiger partial charge in [0.2, 0.25) is 0 Å². The number of rotatable bonds is 1. The topological polar surface area (TPSA) is 17.1 Å². The standard InChI is InChI=1S/C11H16OS/c1-11(2,3)9-5-7-10(8-6-9)13(4)12/h5-8H,1-4H3. The van der Waals surface area contributed by atoms with Crippen molar-refractivity contribution in [2.24, 2.45) is 0 Å². The highest BCUT2D eigenvalue weighted by atomic mass is 32.2. The zero-order chi connectivity index (χ0) is 10.1. The minimum atomic E-state index is -0.864. The van der Waals surface area contributed by atoms with Crippen molar-refractivity contribution in [3.05, 3.63) is 29.8 Å². The molecule has 0 saturated heterocycles. The van der Waals surface area contributed by atoms with Gasteiger partial charge in [-0.1, -0.05) is 32.9 Å². The molecule has 0 heterocycles. The molecule has 13 heavy (non-hydrogen) atoms. The van der Waals surface area contributed by atoms with E-state index in [-0.39, 0.29) is 5.41 Å². The third-order valence-electron chi connectivity index (χ3n) is 2.05. The van der Waals surface area contributed by atoms with Crippen LogP contribution in [0.3, 0.4) is 0 Å². The van der Waals surface area contributed by atoms with Crippen LogP contribution in [-0.4, -0.2) is 10.5 Å². The van der Waals surface area contributed by atoms with E-state index >= 15 is 0 Å². The molecule has 0 aliphatic heterocycles. The molecule has 0 N–H and O–H groups in total. The molecule has 1 atom stereocenters. The highest BCUT2D eigenvalue weighted by molar-refractivity contribution is 7.84. The molecular formula is C11H16OS. The first-order valence-electron chi connectivity index (χ1n) is 4.35. The molecule has 1 rings (SSSR count). The maximum atomic E-state index is 11.1. The average molecular weight is 196 g/mol. The van der Waals surface area contributed by atoms with Crippen molar-refractivity contribution in [2.75, 3.05) is 6.26 Å². The van der Waals surface area contributed by atoms with E-state index in [9.17, 15) is 4.21 Å². The molecule has 0 aromatic heterocycles. The molecule has 0 saturated carbocycles. The summed E-state index contributed by atoms with van der Waals surface area (Å²) in [7, 11) is -0.864. The van der Waals surface area contributed by atoms with Crippen LogP contribution in [0.2, 0.25) is 0 Å². The average Bonchev–Trinajstić information content (AvgIpc) is 2.03. The smallest absolute Gasteiger partial charge is 0.0498 e.